The molecule has 0 saturated heterocycles. The molecule has 0 spiro atoms. The molecule has 2 aromatic heterocycles. The van der Waals surface area contributed by atoms with Gasteiger partial charge < -0.3 is 24.5 Å². The first-order valence-electron chi connectivity index (χ1n) is 8.31. The van der Waals surface area contributed by atoms with E-state index in [1.54, 1.807) is 30.5 Å². The fourth-order valence-electron chi connectivity index (χ4n) is 2.72. The summed E-state index contributed by atoms with van der Waals surface area (Å²) >= 11 is 6.22. The second kappa shape index (κ2) is 13.9. The number of hydrogen-bond acceptors (Lipinski definition) is 6. The number of fused-ring (bicyclic) bond motifs is 1. The van der Waals surface area contributed by atoms with Crippen molar-refractivity contribution in [1.29, 1.82) is 0 Å². The van der Waals surface area contributed by atoms with Gasteiger partial charge in [0.05, 0.1) is 5.56 Å². The molecule has 0 aliphatic heterocycles. The SMILES string of the molecule is O=C(O)c1ccc(Cl)c(-c2cnc3oc(-c4ccc(F)cc4)cc3c2)c1.O=C([O-])[O-].[Cs+].[Cs+]. The molecule has 152 valence electrons. The van der Waals surface area contributed by atoms with Gasteiger partial charge in [-0.25, -0.2) is 14.2 Å². The molecule has 0 aliphatic carbocycles. The van der Waals surface area contributed by atoms with Gasteiger partial charge >= 0.3 is 144 Å². The summed E-state index contributed by atoms with van der Waals surface area (Å²) in [5, 5.41) is 27.0. The average molecular weight is 694 g/mol. The maximum absolute atomic E-state index is 13.1. The van der Waals surface area contributed by atoms with Crippen molar-refractivity contribution in [3.63, 3.8) is 0 Å². The summed E-state index contributed by atoms with van der Waals surface area (Å²) in [6, 6.07) is 14.1. The van der Waals surface area contributed by atoms with E-state index in [0.29, 0.717) is 27.6 Å². The number of carbonyl (C=O) groups excluding carboxylic acids is 1. The zero-order valence-corrected chi connectivity index (χ0v) is 30.3. The molecule has 32 heavy (non-hydrogen) atoms. The third-order valence-electron chi connectivity index (χ3n) is 4.03. The third kappa shape index (κ3) is 8.15. The molecule has 7 nitrogen and oxygen atoms in total. The minimum Gasteiger partial charge on any atom is -0.652 e. The number of furan rings is 1. The first-order chi connectivity index (χ1) is 14.2. The molecule has 2 aromatic carbocycles. The van der Waals surface area contributed by atoms with E-state index in [1.807, 2.05) is 6.07 Å². The van der Waals surface area contributed by atoms with Crippen LogP contribution in [0, 0.1) is 5.82 Å². The number of carbonyl (C=O) groups is 2. The van der Waals surface area contributed by atoms with Crippen molar-refractivity contribution in [3.05, 3.63) is 77.2 Å². The smallest absolute Gasteiger partial charge is 0.652 e. The van der Waals surface area contributed by atoms with Crippen LogP contribution < -0.4 is 148 Å². The Kier molecular flexibility index (Phi) is 13.2. The standard InChI is InChI=1S/C20H11ClFNO3.CH2O3.2Cs/c21-17-6-3-12(20(24)25)8-16(17)14-7-13-9-18(26-19(13)23-10-14)11-1-4-15(22)5-2-11;2-1(3)4;;/h1-10H,(H,24,25);(H2,2,3,4);;/q;;2*+1/p-2. The Hall–Kier alpha value is 0.194. The molecule has 4 aromatic rings. The van der Waals surface area contributed by atoms with Gasteiger partial charge in [-0.05, 0) is 60.8 Å². The maximum atomic E-state index is 13.1. The van der Waals surface area contributed by atoms with Crippen molar-refractivity contribution in [2.45, 2.75) is 0 Å². The van der Waals surface area contributed by atoms with E-state index in [9.17, 15) is 9.18 Å². The summed E-state index contributed by atoms with van der Waals surface area (Å²) in [4.78, 5) is 23.8. The first-order valence-corrected chi connectivity index (χ1v) is 8.69. The largest absolute Gasteiger partial charge is 1.00 e. The molecule has 0 amide bonds. The molecule has 1 N–H and O–H groups in total. The van der Waals surface area contributed by atoms with E-state index < -0.39 is 12.1 Å². The van der Waals surface area contributed by atoms with Crippen LogP contribution in [0.1, 0.15) is 10.4 Å². The number of pyridine rings is 1. The summed E-state index contributed by atoms with van der Waals surface area (Å²) in [5.41, 5.74) is 2.56. The molecule has 0 aliphatic rings. The minimum absolute atomic E-state index is 0. The van der Waals surface area contributed by atoms with Gasteiger partial charge in [-0.1, -0.05) is 11.6 Å². The summed E-state index contributed by atoms with van der Waals surface area (Å²) in [6.45, 7) is 0. The summed E-state index contributed by atoms with van der Waals surface area (Å²) in [5.74, 6) is -0.785. The van der Waals surface area contributed by atoms with Crippen LogP contribution in [-0.2, 0) is 0 Å². The van der Waals surface area contributed by atoms with Gasteiger partial charge in [0.25, 0.3) is 0 Å². The van der Waals surface area contributed by atoms with E-state index in [-0.39, 0.29) is 149 Å². The molecular weight excluding hydrogens is 682 g/mol. The molecule has 2 heterocycles. The number of benzene rings is 2. The van der Waals surface area contributed by atoms with E-state index >= 15 is 0 Å². The Labute approximate surface area is 304 Å². The number of carboxylic acid groups (broad SMARTS) is 3. The van der Waals surface area contributed by atoms with Crippen molar-refractivity contribution in [3.8, 4) is 22.5 Å². The van der Waals surface area contributed by atoms with E-state index in [2.05, 4.69) is 4.98 Å². The van der Waals surface area contributed by atoms with Crippen LogP contribution in [-0.4, -0.2) is 22.2 Å². The summed E-state index contributed by atoms with van der Waals surface area (Å²) in [7, 11) is 0. The van der Waals surface area contributed by atoms with Crippen molar-refractivity contribution in [2.75, 3.05) is 0 Å². The van der Waals surface area contributed by atoms with E-state index in [0.717, 1.165) is 10.9 Å². The number of aromatic carboxylic acids is 1. The molecule has 0 saturated carbocycles. The number of nitrogens with zero attached hydrogens (tertiary/aromatic N) is 1. The van der Waals surface area contributed by atoms with E-state index in [4.69, 9.17) is 36.1 Å². The van der Waals surface area contributed by atoms with Gasteiger partial charge in [-0.3, -0.25) is 0 Å². The molecule has 0 radical (unpaired) electrons. The van der Waals surface area contributed by atoms with Crippen LogP contribution in [0.15, 0.2) is 65.2 Å². The fraction of sp³-hybridized carbons (Fsp3) is 0. The summed E-state index contributed by atoms with van der Waals surface area (Å²) in [6.07, 6.45) is -0.757. The van der Waals surface area contributed by atoms with Crippen LogP contribution in [0.5, 0.6) is 0 Å². The van der Waals surface area contributed by atoms with Crippen molar-refractivity contribution in [1.82, 2.24) is 4.98 Å². The number of aromatic nitrogens is 1. The van der Waals surface area contributed by atoms with Gasteiger partial charge in [0, 0.05) is 33.3 Å². The second-order valence-electron chi connectivity index (χ2n) is 5.99. The van der Waals surface area contributed by atoms with E-state index in [1.165, 1.54) is 24.3 Å². The Morgan fingerprint density at radius 2 is 1.59 bits per heavy atom. The van der Waals surface area contributed by atoms with Gasteiger partial charge in [-0.15, -0.1) is 0 Å². The van der Waals surface area contributed by atoms with Crippen LogP contribution in [0.25, 0.3) is 33.6 Å². The molecule has 11 heteroatoms. The zero-order chi connectivity index (χ0) is 21.8. The predicted octanol–water partition coefficient (Wildman–Crippen LogP) is -2.79. The molecular formula is C21H11ClCs2FNO6. The average Bonchev–Trinajstić information content (AvgIpc) is 3.11. The minimum atomic E-state index is -2.33. The third-order valence-corrected chi connectivity index (χ3v) is 4.35. The molecule has 0 atom stereocenters. The monoisotopic (exact) mass is 693 g/mol. The molecule has 0 bridgehead atoms. The molecule has 0 fully saturated rings. The fourth-order valence-corrected chi connectivity index (χ4v) is 2.94. The van der Waals surface area contributed by atoms with Crippen LogP contribution in [0.4, 0.5) is 9.18 Å². The number of carboxylic acids is 1. The first kappa shape index (κ1) is 30.2. The van der Waals surface area contributed by atoms with Gasteiger partial charge in [-0.2, -0.15) is 0 Å². The second-order valence-corrected chi connectivity index (χ2v) is 6.39. The topological polar surface area (TPSA) is 127 Å². The van der Waals surface area contributed by atoms with Gasteiger partial charge in [0.1, 0.15) is 11.6 Å². The van der Waals surface area contributed by atoms with Crippen molar-refractivity contribution in [2.24, 2.45) is 0 Å². The van der Waals surface area contributed by atoms with Crippen molar-refractivity contribution >= 4 is 34.8 Å². The number of halogens is 2. The number of rotatable bonds is 3. The zero-order valence-electron chi connectivity index (χ0n) is 17.0. The Morgan fingerprint density at radius 3 is 2.19 bits per heavy atom. The van der Waals surface area contributed by atoms with Gasteiger partial charge in [0.15, 0.2) is 0 Å². The molecule has 4 rings (SSSR count). The number of hydrogen-bond donors (Lipinski definition) is 1. The Bertz CT molecular complexity index is 1240. The summed E-state index contributed by atoms with van der Waals surface area (Å²) < 4.78 is 18.8. The predicted molar refractivity (Wildman–Crippen MR) is 102 cm³/mol. The quantitative estimate of drug-likeness (QED) is 0.246. The van der Waals surface area contributed by atoms with Gasteiger partial charge in [0.2, 0.25) is 5.71 Å². The normalized spacial score (nSPS) is 9.69. The Morgan fingerprint density at radius 1 is 0.969 bits per heavy atom. The Balaban J connectivity index is 0.000000790. The van der Waals surface area contributed by atoms with Crippen molar-refractivity contribution < 1.29 is 172 Å². The van der Waals surface area contributed by atoms with Crippen LogP contribution in [0.2, 0.25) is 5.02 Å². The van der Waals surface area contributed by atoms with Crippen LogP contribution >= 0.6 is 11.6 Å². The maximum Gasteiger partial charge on any atom is 1.00 e. The van der Waals surface area contributed by atoms with Crippen LogP contribution in [0.3, 0.4) is 0 Å². The molecule has 0 unspecified atom stereocenters.